The van der Waals surface area contributed by atoms with Crippen LogP contribution in [0.1, 0.15) is 37.6 Å². The minimum Gasteiger partial charge on any atom is -0.308 e. The maximum Gasteiger partial charge on any atom is 0.0698 e. The van der Waals surface area contributed by atoms with E-state index >= 15 is 0 Å². The summed E-state index contributed by atoms with van der Waals surface area (Å²) in [6.45, 7) is 6.19. The van der Waals surface area contributed by atoms with E-state index in [0.29, 0.717) is 0 Å². The first kappa shape index (κ1) is 16.7. The molecule has 1 atom stereocenters. The fraction of sp³-hybridized carbons (Fsp3) is 0.438. The summed E-state index contributed by atoms with van der Waals surface area (Å²) in [6, 6.07) is 8.76. The Labute approximate surface area is 143 Å². The first-order chi connectivity index (χ1) is 10.2. The lowest BCUT2D eigenvalue weighted by Gasteiger charge is -2.20. The number of aryl methyl sites for hydroxylation is 1. The van der Waals surface area contributed by atoms with Crippen molar-refractivity contribution in [2.24, 2.45) is 0 Å². The molecule has 3 nitrogen and oxygen atoms in total. The van der Waals surface area contributed by atoms with Crippen LogP contribution in [-0.2, 0) is 13.0 Å². The van der Waals surface area contributed by atoms with Gasteiger partial charge in [-0.3, -0.25) is 4.68 Å². The molecule has 5 heteroatoms. The van der Waals surface area contributed by atoms with Gasteiger partial charge in [0.2, 0.25) is 0 Å². The fourth-order valence-corrected chi connectivity index (χ4v) is 3.47. The fourth-order valence-electron chi connectivity index (χ4n) is 2.45. The van der Waals surface area contributed by atoms with Crippen molar-refractivity contribution in [2.75, 3.05) is 6.54 Å². The normalized spacial score (nSPS) is 12.6. The maximum absolute atomic E-state index is 4.44. The molecule has 0 spiro atoms. The Balaban J connectivity index is 2.27. The van der Waals surface area contributed by atoms with Gasteiger partial charge in [-0.15, -0.1) is 0 Å². The Kier molecular flexibility index (Phi) is 6.45. The van der Waals surface area contributed by atoms with Crippen molar-refractivity contribution in [3.8, 4) is 0 Å². The molecule has 1 unspecified atom stereocenters. The van der Waals surface area contributed by atoms with Crippen LogP contribution in [0.5, 0.6) is 0 Å². The van der Waals surface area contributed by atoms with E-state index in [0.717, 1.165) is 34.9 Å². The topological polar surface area (TPSA) is 29.9 Å². The lowest BCUT2D eigenvalue weighted by molar-refractivity contribution is 0.477. The monoisotopic (exact) mass is 413 g/mol. The van der Waals surface area contributed by atoms with Crippen LogP contribution in [0.2, 0.25) is 0 Å². The van der Waals surface area contributed by atoms with E-state index < -0.39 is 0 Å². The average Bonchev–Trinajstić information content (AvgIpc) is 2.84. The SMILES string of the molecule is CCCNC(Cc1cccc(Br)c1)c1c(Br)cnn1CC. The first-order valence-electron chi connectivity index (χ1n) is 7.34. The molecule has 1 N–H and O–H groups in total. The predicted octanol–water partition coefficient (Wildman–Crippen LogP) is 4.71. The molecule has 0 aliphatic rings. The van der Waals surface area contributed by atoms with E-state index in [1.165, 1.54) is 11.3 Å². The van der Waals surface area contributed by atoms with E-state index in [-0.39, 0.29) is 6.04 Å². The molecule has 0 aliphatic carbocycles. The van der Waals surface area contributed by atoms with Crippen molar-refractivity contribution in [1.29, 1.82) is 0 Å². The first-order valence-corrected chi connectivity index (χ1v) is 8.93. The number of hydrogen-bond acceptors (Lipinski definition) is 2. The van der Waals surface area contributed by atoms with Gasteiger partial charge in [0, 0.05) is 11.0 Å². The van der Waals surface area contributed by atoms with E-state index in [2.05, 4.69) is 85.1 Å². The summed E-state index contributed by atoms with van der Waals surface area (Å²) in [5.74, 6) is 0. The molecule has 0 radical (unpaired) electrons. The lowest BCUT2D eigenvalue weighted by atomic mass is 10.0. The van der Waals surface area contributed by atoms with Gasteiger partial charge < -0.3 is 5.32 Å². The second-order valence-electron chi connectivity index (χ2n) is 5.03. The Morgan fingerprint density at radius 1 is 1.29 bits per heavy atom. The Morgan fingerprint density at radius 2 is 2.10 bits per heavy atom. The zero-order valence-electron chi connectivity index (χ0n) is 12.4. The molecule has 0 amide bonds. The number of hydrogen-bond donors (Lipinski definition) is 1. The van der Waals surface area contributed by atoms with Crippen molar-refractivity contribution in [3.63, 3.8) is 0 Å². The van der Waals surface area contributed by atoms with Crippen LogP contribution in [0.3, 0.4) is 0 Å². The third-order valence-electron chi connectivity index (χ3n) is 3.43. The van der Waals surface area contributed by atoms with Crippen LogP contribution in [0.4, 0.5) is 0 Å². The van der Waals surface area contributed by atoms with E-state index in [1.807, 2.05) is 6.20 Å². The maximum atomic E-state index is 4.44. The third kappa shape index (κ3) is 4.41. The van der Waals surface area contributed by atoms with Gasteiger partial charge in [0.15, 0.2) is 0 Å². The molecule has 0 aliphatic heterocycles. The van der Waals surface area contributed by atoms with Crippen molar-refractivity contribution in [2.45, 2.75) is 39.3 Å². The highest BCUT2D eigenvalue weighted by atomic mass is 79.9. The average molecular weight is 415 g/mol. The summed E-state index contributed by atoms with van der Waals surface area (Å²) in [7, 11) is 0. The van der Waals surface area contributed by atoms with Gasteiger partial charge in [-0.1, -0.05) is 35.0 Å². The number of benzene rings is 1. The number of aromatic nitrogens is 2. The summed E-state index contributed by atoms with van der Waals surface area (Å²) in [4.78, 5) is 0. The third-order valence-corrected chi connectivity index (χ3v) is 4.54. The van der Waals surface area contributed by atoms with Crippen LogP contribution in [0, 0.1) is 0 Å². The smallest absolute Gasteiger partial charge is 0.0698 e. The summed E-state index contributed by atoms with van der Waals surface area (Å²) >= 11 is 7.19. The molecule has 21 heavy (non-hydrogen) atoms. The van der Waals surface area contributed by atoms with Crippen molar-refractivity contribution < 1.29 is 0 Å². The number of halogens is 2. The number of nitrogens with zero attached hydrogens (tertiary/aromatic N) is 2. The van der Waals surface area contributed by atoms with Gasteiger partial charge in [-0.25, -0.2) is 0 Å². The molecular weight excluding hydrogens is 394 g/mol. The summed E-state index contributed by atoms with van der Waals surface area (Å²) < 4.78 is 4.26. The molecule has 0 saturated heterocycles. The second kappa shape index (κ2) is 8.11. The number of nitrogens with one attached hydrogen (secondary N) is 1. The van der Waals surface area contributed by atoms with Gasteiger partial charge in [-0.05, 0) is 59.9 Å². The zero-order valence-corrected chi connectivity index (χ0v) is 15.6. The van der Waals surface area contributed by atoms with Crippen LogP contribution in [0.25, 0.3) is 0 Å². The van der Waals surface area contributed by atoms with Crippen LogP contribution in [0.15, 0.2) is 39.4 Å². The standard InChI is InChI=1S/C16H21Br2N3/c1-3-8-19-15(10-12-6-5-7-13(17)9-12)16-14(18)11-20-21(16)4-2/h5-7,9,11,15,19H,3-4,8,10H2,1-2H3. The Hall–Kier alpha value is -0.650. The molecule has 1 aromatic heterocycles. The van der Waals surface area contributed by atoms with Crippen molar-refractivity contribution in [1.82, 2.24) is 15.1 Å². The van der Waals surface area contributed by atoms with Gasteiger partial charge in [0.25, 0.3) is 0 Å². The van der Waals surface area contributed by atoms with Gasteiger partial charge >= 0.3 is 0 Å². The quantitative estimate of drug-likeness (QED) is 0.710. The summed E-state index contributed by atoms with van der Waals surface area (Å²) in [6.07, 6.45) is 3.96. The van der Waals surface area contributed by atoms with Crippen molar-refractivity contribution in [3.05, 3.63) is 50.7 Å². The largest absolute Gasteiger partial charge is 0.308 e. The molecule has 0 fully saturated rings. The molecule has 1 aromatic carbocycles. The van der Waals surface area contributed by atoms with E-state index in [9.17, 15) is 0 Å². The van der Waals surface area contributed by atoms with Crippen molar-refractivity contribution >= 4 is 31.9 Å². The van der Waals surface area contributed by atoms with E-state index in [4.69, 9.17) is 0 Å². The number of rotatable bonds is 7. The van der Waals surface area contributed by atoms with E-state index in [1.54, 1.807) is 0 Å². The highest BCUT2D eigenvalue weighted by Gasteiger charge is 2.19. The molecular formula is C16H21Br2N3. The van der Waals surface area contributed by atoms with Crippen LogP contribution in [-0.4, -0.2) is 16.3 Å². The molecule has 0 saturated carbocycles. The molecule has 2 aromatic rings. The predicted molar refractivity (Wildman–Crippen MR) is 94.5 cm³/mol. The molecule has 114 valence electrons. The summed E-state index contributed by atoms with van der Waals surface area (Å²) in [5.41, 5.74) is 2.54. The van der Waals surface area contributed by atoms with Gasteiger partial charge in [0.05, 0.1) is 22.4 Å². The highest BCUT2D eigenvalue weighted by molar-refractivity contribution is 9.10. The van der Waals surface area contributed by atoms with Gasteiger partial charge in [0.1, 0.15) is 0 Å². The zero-order chi connectivity index (χ0) is 15.2. The minimum atomic E-state index is 0.260. The van der Waals surface area contributed by atoms with Crippen LogP contribution >= 0.6 is 31.9 Å². The summed E-state index contributed by atoms with van der Waals surface area (Å²) in [5, 5.41) is 8.09. The van der Waals surface area contributed by atoms with Crippen LogP contribution < -0.4 is 5.32 Å². The Bertz CT molecular complexity index is 581. The minimum absolute atomic E-state index is 0.260. The lowest BCUT2D eigenvalue weighted by Crippen LogP contribution is -2.27. The highest BCUT2D eigenvalue weighted by Crippen LogP contribution is 2.27. The Morgan fingerprint density at radius 3 is 2.76 bits per heavy atom. The molecule has 1 heterocycles. The molecule has 2 rings (SSSR count). The molecule has 0 bridgehead atoms. The van der Waals surface area contributed by atoms with Gasteiger partial charge in [-0.2, -0.15) is 5.10 Å². The second-order valence-corrected chi connectivity index (χ2v) is 6.80.